The van der Waals surface area contributed by atoms with E-state index in [1.165, 1.54) is 60.7 Å². The number of allylic oxidation sites excluding steroid dienone is 2. The molecule has 0 amide bonds. The molecule has 3 nitrogen and oxygen atoms in total. The molecule has 28 heavy (non-hydrogen) atoms. The number of ketones is 1. The largest absolute Gasteiger partial charge is 0.433 e. The van der Waals surface area contributed by atoms with E-state index in [0.29, 0.717) is 11.1 Å². The lowest BCUT2D eigenvalue weighted by Gasteiger charge is -2.07. The van der Waals surface area contributed by atoms with Crippen LogP contribution in [0, 0.1) is 0 Å². The summed E-state index contributed by atoms with van der Waals surface area (Å²) in [6, 6.07) is 8.27. The number of carbonyl (C=O) groups excluding carboxylic acids is 1. The summed E-state index contributed by atoms with van der Waals surface area (Å²) in [4.78, 5) is 11.9. The minimum atomic E-state index is -3.03. The molecule has 0 fully saturated rings. The predicted molar refractivity (Wildman–Crippen MR) is 99.2 cm³/mol. The molecule has 0 unspecified atom stereocenters. The Hall–Kier alpha value is -2.51. The Morgan fingerprint density at radius 3 is 1.54 bits per heavy atom. The fourth-order valence-electron chi connectivity index (χ4n) is 2.03. The summed E-state index contributed by atoms with van der Waals surface area (Å²) in [6.45, 7) is -6.06. The quantitative estimate of drug-likeness (QED) is 0.351. The third kappa shape index (κ3) is 6.90. The van der Waals surface area contributed by atoms with Gasteiger partial charge in [0.15, 0.2) is 5.78 Å². The van der Waals surface area contributed by atoms with Gasteiger partial charge in [0.25, 0.3) is 0 Å². The zero-order chi connectivity index (χ0) is 20.7. The highest BCUT2D eigenvalue weighted by molar-refractivity contribution is 6.32. The van der Waals surface area contributed by atoms with E-state index in [4.69, 9.17) is 23.2 Å². The molecule has 2 aromatic rings. The van der Waals surface area contributed by atoms with Crippen LogP contribution in [-0.4, -0.2) is 19.0 Å². The smallest absolute Gasteiger partial charge is 0.387 e. The molecule has 2 aromatic carbocycles. The third-order valence-corrected chi connectivity index (χ3v) is 3.85. The van der Waals surface area contributed by atoms with Crippen molar-refractivity contribution in [3.8, 4) is 11.5 Å². The molecule has 0 radical (unpaired) electrons. The highest BCUT2D eigenvalue weighted by Gasteiger charge is 2.09. The molecule has 9 heteroatoms. The van der Waals surface area contributed by atoms with Crippen molar-refractivity contribution in [2.75, 3.05) is 0 Å². The van der Waals surface area contributed by atoms with Gasteiger partial charge >= 0.3 is 13.2 Å². The maximum atomic E-state index is 12.3. The molecule has 0 aromatic heterocycles. The molecule has 0 atom stereocenters. The van der Waals surface area contributed by atoms with E-state index in [1.807, 2.05) is 0 Å². The fourth-order valence-corrected chi connectivity index (χ4v) is 2.36. The van der Waals surface area contributed by atoms with E-state index in [9.17, 15) is 22.4 Å². The lowest BCUT2D eigenvalue weighted by Crippen LogP contribution is -2.02. The lowest BCUT2D eigenvalue weighted by atomic mass is 10.1. The molecule has 0 saturated carbocycles. The van der Waals surface area contributed by atoms with Crippen LogP contribution in [0.15, 0.2) is 48.6 Å². The first-order chi connectivity index (χ1) is 13.2. The van der Waals surface area contributed by atoms with Crippen molar-refractivity contribution in [1.82, 2.24) is 0 Å². The molecular weight excluding hydrogens is 423 g/mol. The molecule has 2 rings (SSSR count). The SMILES string of the molecule is O=C(C=Cc1ccc(Cl)c(OC(F)F)c1)C=Cc1ccc(Cl)c(OC(F)F)c1. The van der Waals surface area contributed by atoms with Crippen LogP contribution in [-0.2, 0) is 4.79 Å². The van der Waals surface area contributed by atoms with Gasteiger partial charge < -0.3 is 9.47 Å². The van der Waals surface area contributed by atoms with Gasteiger partial charge in [-0.2, -0.15) is 17.6 Å². The summed E-state index contributed by atoms with van der Waals surface area (Å²) in [5, 5.41) is 0.0152. The van der Waals surface area contributed by atoms with Crippen LogP contribution in [0.4, 0.5) is 17.6 Å². The van der Waals surface area contributed by atoms with E-state index >= 15 is 0 Å². The molecule has 0 saturated heterocycles. The number of halogens is 6. The number of ether oxygens (including phenoxy) is 2. The predicted octanol–water partition coefficient (Wildman–Crippen LogP) is 6.49. The minimum absolute atomic E-state index is 0.00762. The Morgan fingerprint density at radius 2 is 1.18 bits per heavy atom. The zero-order valence-corrected chi connectivity index (χ0v) is 15.4. The van der Waals surface area contributed by atoms with E-state index in [-0.39, 0.29) is 21.5 Å². The third-order valence-electron chi connectivity index (χ3n) is 3.22. The average molecular weight is 435 g/mol. The maximum absolute atomic E-state index is 12.3. The molecule has 0 heterocycles. The highest BCUT2D eigenvalue weighted by atomic mass is 35.5. The number of alkyl halides is 4. The van der Waals surface area contributed by atoms with Gasteiger partial charge in [0.2, 0.25) is 0 Å². The number of hydrogen-bond donors (Lipinski definition) is 0. The van der Waals surface area contributed by atoms with Crippen molar-refractivity contribution in [3.63, 3.8) is 0 Å². The van der Waals surface area contributed by atoms with Crippen molar-refractivity contribution in [3.05, 3.63) is 69.7 Å². The maximum Gasteiger partial charge on any atom is 0.387 e. The van der Waals surface area contributed by atoms with Crippen molar-refractivity contribution in [2.45, 2.75) is 13.2 Å². The molecule has 0 aliphatic rings. The van der Waals surface area contributed by atoms with E-state index in [0.717, 1.165) is 0 Å². The summed E-state index contributed by atoms with van der Waals surface area (Å²) in [5.41, 5.74) is 0.835. The standard InChI is InChI=1S/C19H12Cl2F4O3/c20-14-7-3-11(9-16(14)27-18(22)23)1-5-13(26)6-2-12-4-8-15(21)17(10-12)28-19(24)25/h1-10,18-19H. The van der Waals surface area contributed by atoms with Crippen LogP contribution in [0.5, 0.6) is 11.5 Å². The van der Waals surface area contributed by atoms with E-state index < -0.39 is 19.0 Å². The number of benzene rings is 2. The number of carbonyl (C=O) groups is 1. The van der Waals surface area contributed by atoms with Gasteiger partial charge in [-0.25, -0.2) is 0 Å². The molecule has 0 aliphatic heterocycles. The Morgan fingerprint density at radius 1 is 0.786 bits per heavy atom. The second-order valence-electron chi connectivity index (χ2n) is 5.21. The molecular formula is C19H12Cl2F4O3. The van der Waals surface area contributed by atoms with Crippen molar-refractivity contribution < 1.29 is 31.8 Å². The van der Waals surface area contributed by atoms with Crippen LogP contribution in [0.25, 0.3) is 12.2 Å². The van der Waals surface area contributed by atoms with Crippen molar-refractivity contribution in [2.24, 2.45) is 0 Å². The molecule has 0 aliphatic carbocycles. The second-order valence-corrected chi connectivity index (χ2v) is 6.02. The molecule has 0 N–H and O–H groups in total. The van der Waals surface area contributed by atoms with Gasteiger partial charge in [-0.15, -0.1) is 0 Å². The van der Waals surface area contributed by atoms with Gasteiger partial charge in [0.05, 0.1) is 10.0 Å². The molecule has 0 spiro atoms. The number of hydrogen-bond acceptors (Lipinski definition) is 3. The van der Waals surface area contributed by atoms with Crippen LogP contribution < -0.4 is 9.47 Å². The topological polar surface area (TPSA) is 35.5 Å². The van der Waals surface area contributed by atoms with Crippen LogP contribution in [0.2, 0.25) is 10.0 Å². The van der Waals surface area contributed by atoms with E-state index in [2.05, 4.69) is 9.47 Å². The van der Waals surface area contributed by atoms with Gasteiger partial charge in [-0.3, -0.25) is 4.79 Å². The first kappa shape index (κ1) is 21.8. The first-order valence-corrected chi connectivity index (χ1v) is 8.39. The first-order valence-electron chi connectivity index (χ1n) is 7.63. The van der Waals surface area contributed by atoms with E-state index in [1.54, 1.807) is 0 Å². The fraction of sp³-hybridized carbons (Fsp3) is 0.105. The summed E-state index contributed by atoms with van der Waals surface area (Å²) < 4.78 is 57.8. The Bertz CT molecular complexity index is 827. The number of rotatable bonds is 8. The normalized spacial score (nSPS) is 11.7. The zero-order valence-electron chi connectivity index (χ0n) is 13.9. The summed E-state index contributed by atoms with van der Waals surface area (Å²) in [5.74, 6) is -0.860. The van der Waals surface area contributed by atoms with Crippen molar-refractivity contribution >= 4 is 41.1 Å². The molecule has 148 valence electrons. The van der Waals surface area contributed by atoms with Gasteiger partial charge in [-0.1, -0.05) is 47.5 Å². The molecule has 0 bridgehead atoms. The Balaban J connectivity index is 2.07. The van der Waals surface area contributed by atoms with Gasteiger partial charge in [-0.05, 0) is 47.5 Å². The Labute approximate surface area is 167 Å². The van der Waals surface area contributed by atoms with Gasteiger partial charge in [0.1, 0.15) is 11.5 Å². The monoisotopic (exact) mass is 434 g/mol. The second kappa shape index (κ2) is 10.1. The summed E-state index contributed by atoms with van der Waals surface area (Å²) >= 11 is 11.5. The highest BCUT2D eigenvalue weighted by Crippen LogP contribution is 2.28. The van der Waals surface area contributed by atoms with Crippen LogP contribution in [0.3, 0.4) is 0 Å². The van der Waals surface area contributed by atoms with Crippen LogP contribution >= 0.6 is 23.2 Å². The van der Waals surface area contributed by atoms with Crippen molar-refractivity contribution in [1.29, 1.82) is 0 Å². The minimum Gasteiger partial charge on any atom is -0.433 e. The van der Waals surface area contributed by atoms with Gasteiger partial charge in [0, 0.05) is 0 Å². The summed E-state index contributed by atoms with van der Waals surface area (Å²) in [6.07, 6.45) is 5.15. The Kier molecular flexibility index (Phi) is 7.90. The average Bonchev–Trinajstić information content (AvgIpc) is 2.62. The lowest BCUT2D eigenvalue weighted by molar-refractivity contribution is -0.110. The summed E-state index contributed by atoms with van der Waals surface area (Å²) in [7, 11) is 0. The van der Waals surface area contributed by atoms with Crippen LogP contribution in [0.1, 0.15) is 11.1 Å².